The van der Waals surface area contributed by atoms with E-state index in [4.69, 9.17) is 0 Å². The highest BCUT2D eigenvalue weighted by atomic mass is 32.2. The van der Waals surface area contributed by atoms with E-state index >= 15 is 0 Å². The normalized spacial score (nSPS) is 11.4. The first kappa shape index (κ1) is 21.5. The van der Waals surface area contributed by atoms with Gasteiger partial charge >= 0.3 is 5.76 Å². The average Bonchev–Trinajstić information content (AvgIpc) is 2.64. The van der Waals surface area contributed by atoms with E-state index in [0.29, 0.717) is 5.69 Å². The van der Waals surface area contributed by atoms with Gasteiger partial charge in [0.05, 0.1) is 11.4 Å². The Balaban J connectivity index is 2.06. The van der Waals surface area contributed by atoms with E-state index < -0.39 is 32.3 Å². The molecule has 9 heteroatoms. The predicted molar refractivity (Wildman–Crippen MR) is 101 cm³/mol. The van der Waals surface area contributed by atoms with Crippen LogP contribution in [0.3, 0.4) is 0 Å². The largest absolute Gasteiger partial charge is 0.341 e. The molecule has 0 saturated heterocycles. The van der Waals surface area contributed by atoms with E-state index in [1.807, 2.05) is 26.0 Å². The Morgan fingerprint density at radius 3 is 2.25 bits per heavy atom. The van der Waals surface area contributed by atoms with Crippen molar-refractivity contribution in [1.29, 1.82) is 0 Å². The molecule has 2 amide bonds. The van der Waals surface area contributed by atoms with Gasteiger partial charge in [0.2, 0.25) is 15.7 Å². The topological polar surface area (TPSA) is 83.6 Å². The van der Waals surface area contributed by atoms with Gasteiger partial charge in [0, 0.05) is 18.3 Å². The third-order valence-electron chi connectivity index (χ3n) is 4.27. The summed E-state index contributed by atoms with van der Waals surface area (Å²) in [4.78, 5) is 25.2. The van der Waals surface area contributed by atoms with Crippen LogP contribution in [0.15, 0.2) is 47.4 Å². The number of anilines is 1. The van der Waals surface area contributed by atoms with Crippen LogP contribution in [0, 0.1) is 13.8 Å². The summed E-state index contributed by atoms with van der Waals surface area (Å²) in [6.45, 7) is 3.55. The molecule has 0 spiro atoms. The molecule has 0 aromatic heterocycles. The van der Waals surface area contributed by atoms with Crippen LogP contribution in [0.5, 0.6) is 0 Å². The molecule has 150 valence electrons. The van der Waals surface area contributed by atoms with Crippen LogP contribution in [0.25, 0.3) is 0 Å². The van der Waals surface area contributed by atoms with Gasteiger partial charge in [-0.1, -0.05) is 12.1 Å². The molecule has 2 rings (SSSR count). The van der Waals surface area contributed by atoms with Crippen LogP contribution in [0.4, 0.5) is 14.5 Å². The Morgan fingerprint density at radius 1 is 1.07 bits per heavy atom. The summed E-state index contributed by atoms with van der Waals surface area (Å²) in [5.41, 5.74) is 2.66. The minimum Gasteiger partial charge on any atom is -0.332 e. The number of alkyl halides is 2. The molecule has 0 aliphatic carbocycles. The van der Waals surface area contributed by atoms with Crippen LogP contribution in [0.2, 0.25) is 0 Å². The molecule has 0 atom stereocenters. The zero-order valence-corrected chi connectivity index (χ0v) is 16.4. The van der Waals surface area contributed by atoms with Crippen molar-refractivity contribution in [3.05, 3.63) is 59.2 Å². The first-order valence-corrected chi connectivity index (χ1v) is 9.82. The van der Waals surface area contributed by atoms with E-state index in [2.05, 4.69) is 5.32 Å². The third kappa shape index (κ3) is 4.72. The zero-order chi connectivity index (χ0) is 21.1. The Hall–Kier alpha value is -2.81. The quantitative estimate of drug-likeness (QED) is 0.794. The maximum Gasteiger partial charge on any atom is 0.341 e. The minimum atomic E-state index is -4.72. The number of sulfone groups is 1. The molecule has 2 aromatic carbocycles. The lowest BCUT2D eigenvalue weighted by atomic mass is 10.1. The summed E-state index contributed by atoms with van der Waals surface area (Å²) in [6.07, 6.45) is 0. The van der Waals surface area contributed by atoms with Crippen molar-refractivity contribution in [1.82, 2.24) is 4.90 Å². The second-order valence-electron chi connectivity index (χ2n) is 6.29. The SMILES string of the molecule is Cc1cccc(NC(=O)CN(C)C(=O)c2ccc(S(=O)(=O)C(F)F)cc2)c1C. The Morgan fingerprint density at radius 2 is 1.68 bits per heavy atom. The highest BCUT2D eigenvalue weighted by molar-refractivity contribution is 7.91. The number of amides is 2. The number of aryl methyl sites for hydroxylation is 1. The number of carbonyl (C=O) groups excluding carboxylic acids is 2. The van der Waals surface area contributed by atoms with Gasteiger partial charge in [0.25, 0.3) is 5.91 Å². The number of rotatable bonds is 6. The van der Waals surface area contributed by atoms with Gasteiger partial charge in [-0.05, 0) is 55.3 Å². The molecule has 28 heavy (non-hydrogen) atoms. The summed E-state index contributed by atoms with van der Waals surface area (Å²) >= 11 is 0. The lowest BCUT2D eigenvalue weighted by Gasteiger charge is -2.18. The highest BCUT2D eigenvalue weighted by Crippen LogP contribution is 2.20. The molecule has 0 unspecified atom stereocenters. The molecular weight excluding hydrogens is 390 g/mol. The highest BCUT2D eigenvalue weighted by Gasteiger charge is 2.26. The van der Waals surface area contributed by atoms with Crippen LogP contribution >= 0.6 is 0 Å². The maximum absolute atomic E-state index is 12.6. The minimum absolute atomic E-state index is 0.0789. The third-order valence-corrected chi connectivity index (χ3v) is 5.67. The van der Waals surface area contributed by atoms with Crippen molar-refractivity contribution in [3.8, 4) is 0 Å². The molecule has 0 aliphatic rings. The van der Waals surface area contributed by atoms with Gasteiger partial charge in [0.15, 0.2) is 0 Å². The van der Waals surface area contributed by atoms with Gasteiger partial charge in [-0.2, -0.15) is 8.78 Å². The molecule has 1 N–H and O–H groups in total. The summed E-state index contributed by atoms with van der Waals surface area (Å²) < 4.78 is 47.9. The molecule has 6 nitrogen and oxygen atoms in total. The lowest BCUT2D eigenvalue weighted by molar-refractivity contribution is -0.116. The van der Waals surface area contributed by atoms with Gasteiger partial charge in [-0.25, -0.2) is 8.42 Å². The van der Waals surface area contributed by atoms with Crippen molar-refractivity contribution >= 4 is 27.3 Å². The van der Waals surface area contributed by atoms with E-state index in [9.17, 15) is 26.8 Å². The number of hydrogen-bond donors (Lipinski definition) is 1. The van der Waals surface area contributed by atoms with E-state index in [1.54, 1.807) is 6.07 Å². The number of nitrogens with zero attached hydrogens (tertiary/aromatic N) is 1. The molecular formula is C19H20F2N2O4S. The predicted octanol–water partition coefficient (Wildman–Crippen LogP) is 3.01. The number of nitrogens with one attached hydrogen (secondary N) is 1. The zero-order valence-electron chi connectivity index (χ0n) is 15.6. The molecule has 0 radical (unpaired) electrons. The standard InChI is InChI=1S/C19H20F2N2O4S/c1-12-5-4-6-16(13(12)2)22-17(24)11-23(3)18(25)14-7-9-15(10-8-14)28(26,27)19(20)21/h4-10,19H,11H2,1-3H3,(H,22,24). The van der Waals surface area contributed by atoms with Crippen LogP contribution in [-0.2, 0) is 14.6 Å². The Kier molecular flexibility index (Phi) is 6.50. The van der Waals surface area contributed by atoms with E-state index in [-0.39, 0.29) is 12.1 Å². The average molecular weight is 410 g/mol. The molecule has 0 heterocycles. The number of carbonyl (C=O) groups is 2. The fourth-order valence-corrected chi connectivity index (χ4v) is 3.20. The first-order chi connectivity index (χ1) is 13.0. The van der Waals surface area contributed by atoms with Crippen LogP contribution in [-0.4, -0.2) is 44.5 Å². The fraction of sp³-hybridized carbons (Fsp3) is 0.263. The van der Waals surface area contributed by atoms with Crippen molar-refractivity contribution in [2.24, 2.45) is 0 Å². The summed E-state index contributed by atoms with van der Waals surface area (Å²) in [7, 11) is -3.31. The molecule has 0 bridgehead atoms. The number of likely N-dealkylation sites (N-methyl/N-ethyl adjacent to an activating group) is 1. The molecule has 0 saturated carbocycles. The van der Waals surface area contributed by atoms with E-state index in [1.165, 1.54) is 7.05 Å². The van der Waals surface area contributed by atoms with E-state index in [0.717, 1.165) is 40.3 Å². The van der Waals surface area contributed by atoms with Crippen LogP contribution in [0.1, 0.15) is 21.5 Å². The number of hydrogen-bond acceptors (Lipinski definition) is 4. The van der Waals surface area contributed by atoms with Gasteiger partial charge < -0.3 is 10.2 Å². The van der Waals surface area contributed by atoms with Gasteiger partial charge in [-0.3, -0.25) is 9.59 Å². The lowest BCUT2D eigenvalue weighted by Crippen LogP contribution is -2.35. The maximum atomic E-state index is 12.6. The second-order valence-corrected chi connectivity index (χ2v) is 8.20. The Bertz CT molecular complexity index is 989. The second kappa shape index (κ2) is 8.47. The van der Waals surface area contributed by atoms with Crippen molar-refractivity contribution in [2.75, 3.05) is 18.9 Å². The summed E-state index contributed by atoms with van der Waals surface area (Å²) in [6, 6.07) is 9.63. The number of benzene rings is 2. The number of halogens is 2. The van der Waals surface area contributed by atoms with Crippen molar-refractivity contribution in [2.45, 2.75) is 24.5 Å². The summed E-state index contributed by atoms with van der Waals surface area (Å²) in [5, 5.41) is 2.73. The monoisotopic (exact) mass is 410 g/mol. The van der Waals surface area contributed by atoms with Gasteiger partial charge in [0.1, 0.15) is 0 Å². The molecule has 2 aromatic rings. The summed E-state index contributed by atoms with van der Waals surface area (Å²) in [5.74, 6) is -4.48. The fourth-order valence-electron chi connectivity index (χ4n) is 2.47. The van der Waals surface area contributed by atoms with Crippen molar-refractivity contribution in [3.63, 3.8) is 0 Å². The van der Waals surface area contributed by atoms with Crippen molar-refractivity contribution < 1.29 is 26.8 Å². The first-order valence-electron chi connectivity index (χ1n) is 8.27. The molecule has 0 aliphatic heterocycles. The Labute approximate surface area is 162 Å². The molecule has 0 fully saturated rings. The van der Waals surface area contributed by atoms with Crippen LogP contribution < -0.4 is 5.32 Å². The smallest absolute Gasteiger partial charge is 0.332 e. The van der Waals surface area contributed by atoms with Gasteiger partial charge in [-0.15, -0.1) is 0 Å².